The number of hydrogen-bond acceptors (Lipinski definition) is 2. The summed E-state index contributed by atoms with van der Waals surface area (Å²) in [4.78, 5) is 0. The summed E-state index contributed by atoms with van der Waals surface area (Å²) in [5.74, 6) is 0. The van der Waals surface area contributed by atoms with Crippen molar-refractivity contribution in [1.29, 1.82) is 0 Å². The van der Waals surface area contributed by atoms with Crippen molar-refractivity contribution in [2.45, 2.75) is 33.2 Å². The van der Waals surface area contributed by atoms with Crippen molar-refractivity contribution in [3.8, 4) is 0 Å². The largest absolute Gasteiger partial charge is 0.453 e. The highest BCUT2D eigenvalue weighted by Gasteiger charge is 2.20. The van der Waals surface area contributed by atoms with E-state index in [0.29, 0.717) is 5.22 Å². The van der Waals surface area contributed by atoms with Crippen LogP contribution >= 0.6 is 11.6 Å². The number of furan rings is 1. The lowest BCUT2D eigenvalue weighted by Crippen LogP contribution is -2.23. The maximum atomic E-state index is 6.15. The summed E-state index contributed by atoms with van der Waals surface area (Å²) in [7, 11) is 0. The molecule has 0 fully saturated rings. The number of nitrogens with one attached hydrogen (secondary N) is 1. The predicted octanol–water partition coefficient (Wildman–Crippen LogP) is 4.64. The summed E-state index contributed by atoms with van der Waals surface area (Å²) >= 11 is 6.15. The van der Waals surface area contributed by atoms with Gasteiger partial charge in [0.25, 0.3) is 0 Å². The Bertz CT molecular complexity index is 547. The average molecular weight is 278 g/mol. The van der Waals surface area contributed by atoms with Crippen molar-refractivity contribution >= 4 is 11.6 Å². The molecule has 19 heavy (non-hydrogen) atoms. The highest BCUT2D eigenvalue weighted by atomic mass is 35.5. The molecule has 1 aromatic carbocycles. The molecule has 102 valence electrons. The second-order valence-corrected chi connectivity index (χ2v) is 5.24. The van der Waals surface area contributed by atoms with E-state index >= 15 is 0 Å². The van der Waals surface area contributed by atoms with Crippen LogP contribution in [0.5, 0.6) is 0 Å². The quantitative estimate of drug-likeness (QED) is 0.861. The molecule has 0 aliphatic carbocycles. The normalized spacial score (nSPS) is 12.6. The summed E-state index contributed by atoms with van der Waals surface area (Å²) < 4.78 is 5.24. The fourth-order valence-electron chi connectivity index (χ4n) is 2.26. The van der Waals surface area contributed by atoms with Gasteiger partial charge in [0.05, 0.1) is 12.3 Å². The molecule has 2 aromatic rings. The topological polar surface area (TPSA) is 25.2 Å². The van der Waals surface area contributed by atoms with E-state index in [9.17, 15) is 0 Å². The van der Waals surface area contributed by atoms with Crippen LogP contribution in [0.1, 0.15) is 41.6 Å². The molecular formula is C16H20ClNO. The standard InChI is InChI=1S/C16H20ClNO/c1-4-8-18-15(13-7-9-19-16(13)17)14-10-11(2)5-6-12(14)3/h5-7,9-10,15,18H,4,8H2,1-3H3. The predicted molar refractivity (Wildman–Crippen MR) is 79.8 cm³/mol. The van der Waals surface area contributed by atoms with Gasteiger partial charge in [0.15, 0.2) is 5.22 Å². The van der Waals surface area contributed by atoms with Crippen molar-refractivity contribution in [1.82, 2.24) is 5.32 Å². The first-order chi connectivity index (χ1) is 9.13. The zero-order valence-electron chi connectivity index (χ0n) is 11.7. The van der Waals surface area contributed by atoms with E-state index in [-0.39, 0.29) is 6.04 Å². The SMILES string of the molecule is CCCNC(c1cc(C)ccc1C)c1ccoc1Cl. The van der Waals surface area contributed by atoms with Crippen LogP contribution in [0.2, 0.25) is 5.22 Å². The highest BCUT2D eigenvalue weighted by molar-refractivity contribution is 6.29. The second kappa shape index (κ2) is 6.27. The second-order valence-electron chi connectivity index (χ2n) is 4.90. The van der Waals surface area contributed by atoms with Crippen molar-refractivity contribution in [3.05, 3.63) is 58.0 Å². The molecule has 0 spiro atoms. The summed E-state index contributed by atoms with van der Waals surface area (Å²) in [5, 5.41) is 4.02. The number of benzene rings is 1. The van der Waals surface area contributed by atoms with Gasteiger partial charge in [0.2, 0.25) is 0 Å². The molecule has 1 heterocycles. The van der Waals surface area contributed by atoms with Crippen LogP contribution in [0, 0.1) is 13.8 Å². The molecule has 0 saturated heterocycles. The third-order valence-corrected chi connectivity index (χ3v) is 3.61. The smallest absolute Gasteiger partial charge is 0.198 e. The van der Waals surface area contributed by atoms with Crippen molar-refractivity contribution in [2.24, 2.45) is 0 Å². The molecule has 0 amide bonds. The Morgan fingerprint density at radius 3 is 2.63 bits per heavy atom. The summed E-state index contributed by atoms with van der Waals surface area (Å²) in [6.45, 7) is 7.34. The van der Waals surface area contributed by atoms with E-state index in [0.717, 1.165) is 18.5 Å². The zero-order valence-corrected chi connectivity index (χ0v) is 12.4. The van der Waals surface area contributed by atoms with Crippen LogP contribution in [-0.4, -0.2) is 6.54 Å². The third kappa shape index (κ3) is 3.20. The maximum Gasteiger partial charge on any atom is 0.198 e. The summed E-state index contributed by atoms with van der Waals surface area (Å²) in [5.41, 5.74) is 4.78. The summed E-state index contributed by atoms with van der Waals surface area (Å²) in [6, 6.07) is 8.53. The van der Waals surface area contributed by atoms with Crippen molar-refractivity contribution in [3.63, 3.8) is 0 Å². The van der Waals surface area contributed by atoms with E-state index in [1.165, 1.54) is 16.7 Å². The van der Waals surface area contributed by atoms with Crippen LogP contribution in [0.15, 0.2) is 34.9 Å². The molecule has 1 N–H and O–H groups in total. The first-order valence-corrected chi connectivity index (χ1v) is 7.04. The Kier molecular flexibility index (Phi) is 4.67. The minimum Gasteiger partial charge on any atom is -0.453 e. The number of aryl methyl sites for hydroxylation is 2. The average Bonchev–Trinajstić information content (AvgIpc) is 2.80. The molecule has 3 heteroatoms. The van der Waals surface area contributed by atoms with Crippen LogP contribution in [0.25, 0.3) is 0 Å². The molecule has 0 saturated carbocycles. The molecule has 1 unspecified atom stereocenters. The molecule has 0 aliphatic heterocycles. The van der Waals surface area contributed by atoms with Crippen molar-refractivity contribution < 1.29 is 4.42 Å². The van der Waals surface area contributed by atoms with Gasteiger partial charge >= 0.3 is 0 Å². The Morgan fingerprint density at radius 2 is 2.00 bits per heavy atom. The Labute approximate surface area is 119 Å². The van der Waals surface area contributed by atoms with Crippen LogP contribution < -0.4 is 5.32 Å². The molecule has 0 bridgehead atoms. The molecule has 1 atom stereocenters. The fraction of sp³-hybridized carbons (Fsp3) is 0.375. The molecule has 2 nitrogen and oxygen atoms in total. The van der Waals surface area contributed by atoms with Gasteiger partial charge < -0.3 is 9.73 Å². The van der Waals surface area contributed by atoms with E-state index in [1.54, 1.807) is 6.26 Å². The Hall–Kier alpha value is -1.25. The molecule has 0 aliphatic rings. The van der Waals surface area contributed by atoms with Crippen LogP contribution in [0.4, 0.5) is 0 Å². The summed E-state index contributed by atoms with van der Waals surface area (Å²) in [6.07, 6.45) is 2.72. The molecule has 2 rings (SSSR count). The molecule has 0 radical (unpaired) electrons. The van der Waals surface area contributed by atoms with Gasteiger partial charge in [-0.05, 0) is 55.6 Å². The lowest BCUT2D eigenvalue weighted by Gasteiger charge is -2.20. The van der Waals surface area contributed by atoms with E-state index in [1.807, 2.05) is 6.07 Å². The Morgan fingerprint density at radius 1 is 1.21 bits per heavy atom. The van der Waals surface area contributed by atoms with Gasteiger partial charge in [-0.2, -0.15) is 0 Å². The van der Waals surface area contributed by atoms with Gasteiger partial charge in [-0.1, -0.05) is 30.7 Å². The lowest BCUT2D eigenvalue weighted by molar-refractivity contribution is 0.549. The monoisotopic (exact) mass is 277 g/mol. The van der Waals surface area contributed by atoms with Gasteiger partial charge in [-0.25, -0.2) is 0 Å². The van der Waals surface area contributed by atoms with Crippen LogP contribution in [0.3, 0.4) is 0 Å². The fourth-order valence-corrected chi connectivity index (χ4v) is 2.48. The van der Waals surface area contributed by atoms with Crippen LogP contribution in [-0.2, 0) is 0 Å². The third-order valence-electron chi connectivity index (χ3n) is 3.30. The zero-order chi connectivity index (χ0) is 13.8. The first-order valence-electron chi connectivity index (χ1n) is 6.67. The van der Waals surface area contributed by atoms with E-state index in [4.69, 9.17) is 16.0 Å². The van der Waals surface area contributed by atoms with Gasteiger partial charge in [-0.3, -0.25) is 0 Å². The lowest BCUT2D eigenvalue weighted by atomic mass is 9.95. The van der Waals surface area contributed by atoms with Gasteiger partial charge in [0.1, 0.15) is 0 Å². The minimum absolute atomic E-state index is 0.0890. The van der Waals surface area contributed by atoms with Gasteiger partial charge in [-0.15, -0.1) is 0 Å². The number of halogens is 1. The first kappa shape index (κ1) is 14.2. The highest BCUT2D eigenvalue weighted by Crippen LogP contribution is 2.31. The van der Waals surface area contributed by atoms with E-state index in [2.05, 4.69) is 44.3 Å². The maximum absolute atomic E-state index is 6.15. The van der Waals surface area contributed by atoms with E-state index < -0.39 is 0 Å². The Balaban J connectivity index is 2.42. The minimum atomic E-state index is 0.0890. The van der Waals surface area contributed by atoms with Gasteiger partial charge in [0, 0.05) is 5.56 Å². The molecule has 1 aromatic heterocycles. The number of hydrogen-bond donors (Lipinski definition) is 1. The molecular weight excluding hydrogens is 258 g/mol. The number of rotatable bonds is 5. The van der Waals surface area contributed by atoms with Crippen molar-refractivity contribution in [2.75, 3.05) is 6.54 Å².